The number of rotatable bonds is 1. The van der Waals surface area contributed by atoms with Crippen LogP contribution in [0.3, 0.4) is 0 Å². The molecule has 1 N–H and O–H groups in total. The number of anilines is 1. The molecule has 1 aromatic carbocycles. The molecule has 1 heterocycles. The summed E-state index contributed by atoms with van der Waals surface area (Å²) in [5.41, 5.74) is 0.963. The summed E-state index contributed by atoms with van der Waals surface area (Å²) in [6, 6.07) is 5.05. The molecule has 1 unspecified atom stereocenters. The molecule has 5 heteroatoms. The molecule has 0 bridgehead atoms. The van der Waals surface area contributed by atoms with Crippen LogP contribution in [0.2, 0.25) is 0 Å². The Hall–Kier alpha value is -1.07. The molecule has 1 aromatic rings. The van der Waals surface area contributed by atoms with E-state index in [0.29, 0.717) is 17.3 Å². The lowest BCUT2D eigenvalue weighted by Gasteiger charge is -2.27. The molecule has 0 aliphatic carbocycles. The van der Waals surface area contributed by atoms with Crippen molar-refractivity contribution in [2.45, 2.75) is 4.90 Å². The van der Waals surface area contributed by atoms with E-state index in [0.717, 1.165) is 12.2 Å². The maximum absolute atomic E-state index is 10.8. The normalized spacial score (nSPS) is 17.1. The molecule has 0 aromatic heterocycles. The zero-order chi connectivity index (χ0) is 10.1. The van der Waals surface area contributed by atoms with E-state index in [2.05, 4.69) is 4.90 Å². The van der Waals surface area contributed by atoms with Gasteiger partial charge in [-0.1, -0.05) is 0 Å². The number of benzene rings is 1. The first-order valence-electron chi connectivity index (χ1n) is 4.27. The minimum atomic E-state index is -1.94. The van der Waals surface area contributed by atoms with E-state index >= 15 is 0 Å². The number of hydrogen-bond donors (Lipinski definition) is 1. The molecule has 2 rings (SSSR count). The Morgan fingerprint density at radius 3 is 3.07 bits per heavy atom. The van der Waals surface area contributed by atoms with E-state index in [1.54, 1.807) is 18.2 Å². The average molecular weight is 213 g/mol. The zero-order valence-electron chi connectivity index (χ0n) is 7.77. The van der Waals surface area contributed by atoms with Gasteiger partial charge in [-0.3, -0.25) is 0 Å². The quantitative estimate of drug-likeness (QED) is 0.710. The topological polar surface area (TPSA) is 49.8 Å². The van der Waals surface area contributed by atoms with Gasteiger partial charge in [-0.05, 0) is 12.1 Å². The fraction of sp³-hybridized carbons (Fsp3) is 0.333. The predicted molar refractivity (Wildman–Crippen MR) is 54.2 cm³/mol. The molecule has 0 saturated carbocycles. The van der Waals surface area contributed by atoms with Crippen molar-refractivity contribution in [1.82, 2.24) is 0 Å². The van der Waals surface area contributed by atoms with E-state index in [4.69, 9.17) is 9.29 Å². The van der Waals surface area contributed by atoms with Crippen molar-refractivity contribution in [3.8, 4) is 5.75 Å². The van der Waals surface area contributed by atoms with Crippen LogP contribution in [0.4, 0.5) is 5.69 Å². The second-order valence-electron chi connectivity index (χ2n) is 3.15. The number of hydrogen-bond acceptors (Lipinski definition) is 3. The number of likely N-dealkylation sites (N-methyl/N-ethyl adjacent to an activating group) is 1. The summed E-state index contributed by atoms with van der Waals surface area (Å²) < 4.78 is 25.1. The van der Waals surface area contributed by atoms with Crippen molar-refractivity contribution in [1.29, 1.82) is 0 Å². The van der Waals surface area contributed by atoms with Gasteiger partial charge in [-0.15, -0.1) is 0 Å². The van der Waals surface area contributed by atoms with Crippen molar-refractivity contribution in [3.63, 3.8) is 0 Å². The summed E-state index contributed by atoms with van der Waals surface area (Å²) in [5.74, 6) is 0.679. The second-order valence-corrected chi connectivity index (χ2v) is 4.12. The Balaban J connectivity index is 2.44. The summed E-state index contributed by atoms with van der Waals surface area (Å²) in [7, 11) is 1.97. The van der Waals surface area contributed by atoms with Gasteiger partial charge in [0.15, 0.2) is 11.1 Å². The molecule has 0 radical (unpaired) electrons. The predicted octanol–water partition coefficient (Wildman–Crippen LogP) is 1.10. The van der Waals surface area contributed by atoms with Gasteiger partial charge in [-0.2, -0.15) is 0 Å². The minimum absolute atomic E-state index is 0.374. The van der Waals surface area contributed by atoms with Crippen LogP contribution < -0.4 is 9.64 Å². The van der Waals surface area contributed by atoms with Crippen LogP contribution in [-0.2, 0) is 11.1 Å². The Kier molecular flexibility index (Phi) is 2.43. The van der Waals surface area contributed by atoms with Crippen LogP contribution in [0.25, 0.3) is 0 Å². The molecule has 0 fully saturated rings. The summed E-state index contributed by atoms with van der Waals surface area (Å²) >= 11 is -1.94. The first kappa shape index (κ1) is 9.48. The standard InChI is InChI=1S/C9H11NO3S/c1-10-4-5-13-9-6-7(14(11)12)2-3-8(9)10/h2-3,6H,4-5H2,1H3,(H,11,12). The highest BCUT2D eigenvalue weighted by atomic mass is 32.2. The van der Waals surface area contributed by atoms with Crippen LogP contribution in [0.5, 0.6) is 5.75 Å². The Morgan fingerprint density at radius 2 is 2.36 bits per heavy atom. The molecule has 0 spiro atoms. The number of fused-ring (bicyclic) bond motifs is 1. The third-order valence-corrected chi connectivity index (χ3v) is 2.89. The highest BCUT2D eigenvalue weighted by molar-refractivity contribution is 7.79. The van der Waals surface area contributed by atoms with Gasteiger partial charge in [0.2, 0.25) is 0 Å². The van der Waals surface area contributed by atoms with E-state index < -0.39 is 11.1 Å². The fourth-order valence-corrected chi connectivity index (χ4v) is 1.84. The molecule has 0 saturated heterocycles. The van der Waals surface area contributed by atoms with Gasteiger partial charge in [-0.25, -0.2) is 4.21 Å². The van der Waals surface area contributed by atoms with Crippen molar-refractivity contribution in [3.05, 3.63) is 18.2 Å². The van der Waals surface area contributed by atoms with Crippen LogP contribution >= 0.6 is 0 Å². The lowest BCUT2D eigenvalue weighted by atomic mass is 10.2. The number of nitrogens with zero attached hydrogens (tertiary/aromatic N) is 1. The van der Waals surface area contributed by atoms with Gasteiger partial charge in [0, 0.05) is 13.1 Å². The third-order valence-electron chi connectivity index (χ3n) is 2.23. The summed E-state index contributed by atoms with van der Waals surface area (Å²) in [6.45, 7) is 1.46. The largest absolute Gasteiger partial charge is 0.490 e. The molecule has 1 atom stereocenters. The van der Waals surface area contributed by atoms with E-state index in [9.17, 15) is 4.21 Å². The molecular weight excluding hydrogens is 202 g/mol. The van der Waals surface area contributed by atoms with Crippen molar-refractivity contribution in [2.24, 2.45) is 0 Å². The molecule has 1 aliphatic rings. The van der Waals surface area contributed by atoms with Gasteiger partial charge in [0.05, 0.1) is 17.1 Å². The summed E-state index contributed by atoms with van der Waals surface area (Å²) in [6.07, 6.45) is 0. The van der Waals surface area contributed by atoms with E-state index in [1.807, 2.05) is 7.05 Å². The molecule has 0 amide bonds. The Morgan fingerprint density at radius 1 is 1.57 bits per heavy atom. The van der Waals surface area contributed by atoms with E-state index in [-0.39, 0.29) is 0 Å². The first-order valence-corrected chi connectivity index (χ1v) is 5.38. The van der Waals surface area contributed by atoms with Crippen molar-refractivity contribution >= 4 is 16.8 Å². The summed E-state index contributed by atoms with van der Waals surface area (Å²) in [4.78, 5) is 2.43. The Labute approximate surface area is 84.8 Å². The van der Waals surface area contributed by atoms with Crippen LogP contribution in [-0.4, -0.2) is 29.0 Å². The van der Waals surface area contributed by atoms with Gasteiger partial charge in [0.1, 0.15) is 12.4 Å². The van der Waals surface area contributed by atoms with Gasteiger partial charge >= 0.3 is 0 Å². The Bertz CT molecular complexity index is 380. The SMILES string of the molecule is CN1CCOc2cc(S(=O)O)ccc21. The maximum Gasteiger partial charge on any atom is 0.186 e. The number of ether oxygens (including phenoxy) is 1. The molecular formula is C9H11NO3S. The average Bonchev–Trinajstić information content (AvgIpc) is 2.17. The monoisotopic (exact) mass is 213 g/mol. The molecule has 76 valence electrons. The van der Waals surface area contributed by atoms with Crippen LogP contribution in [0, 0.1) is 0 Å². The molecule has 4 nitrogen and oxygen atoms in total. The first-order chi connectivity index (χ1) is 6.68. The lowest BCUT2D eigenvalue weighted by molar-refractivity contribution is 0.310. The fourth-order valence-electron chi connectivity index (χ4n) is 1.45. The van der Waals surface area contributed by atoms with Crippen molar-refractivity contribution < 1.29 is 13.5 Å². The zero-order valence-corrected chi connectivity index (χ0v) is 8.58. The molecule has 14 heavy (non-hydrogen) atoms. The highest BCUT2D eigenvalue weighted by Crippen LogP contribution is 2.31. The van der Waals surface area contributed by atoms with E-state index in [1.165, 1.54) is 0 Å². The summed E-state index contributed by atoms with van der Waals surface area (Å²) in [5, 5.41) is 0. The van der Waals surface area contributed by atoms with Gasteiger partial charge in [0.25, 0.3) is 0 Å². The highest BCUT2D eigenvalue weighted by Gasteiger charge is 2.15. The second kappa shape index (κ2) is 3.59. The van der Waals surface area contributed by atoms with Crippen molar-refractivity contribution in [2.75, 3.05) is 25.1 Å². The maximum atomic E-state index is 10.8. The van der Waals surface area contributed by atoms with Gasteiger partial charge < -0.3 is 14.2 Å². The lowest BCUT2D eigenvalue weighted by Crippen LogP contribution is -2.28. The van der Waals surface area contributed by atoms with Crippen LogP contribution in [0.1, 0.15) is 0 Å². The van der Waals surface area contributed by atoms with Crippen LogP contribution in [0.15, 0.2) is 23.1 Å². The minimum Gasteiger partial charge on any atom is -0.490 e. The third kappa shape index (κ3) is 1.60. The molecule has 1 aliphatic heterocycles. The smallest absolute Gasteiger partial charge is 0.186 e.